The molecule has 1 atom stereocenters. The maximum Gasteiger partial charge on any atom is 0.270 e. The number of aromatic nitrogens is 3. The number of benzene rings is 1. The number of nitrogens with one attached hydrogen (secondary N) is 1. The number of hydrogen-bond acceptors (Lipinski definition) is 4. The van der Waals surface area contributed by atoms with Gasteiger partial charge in [-0.15, -0.1) is 0 Å². The van der Waals surface area contributed by atoms with Crippen molar-refractivity contribution in [2.45, 2.75) is 38.0 Å². The molecule has 2 aliphatic rings. The first-order valence-electron chi connectivity index (χ1n) is 10.2. The molecule has 150 valence electrons. The third-order valence-corrected chi connectivity index (χ3v) is 5.79. The van der Waals surface area contributed by atoms with Crippen molar-refractivity contribution in [3.05, 3.63) is 59.8 Å². The molecule has 3 heterocycles. The van der Waals surface area contributed by atoms with E-state index in [2.05, 4.69) is 15.1 Å². The van der Waals surface area contributed by atoms with E-state index in [9.17, 15) is 9.18 Å². The number of aromatic amines is 1. The smallest absolute Gasteiger partial charge is 0.270 e. The highest BCUT2D eigenvalue weighted by Gasteiger charge is 2.30. The van der Waals surface area contributed by atoms with Gasteiger partial charge in [-0.25, -0.2) is 4.39 Å². The molecule has 0 spiro atoms. The topological polar surface area (TPSA) is 75.0 Å². The monoisotopic (exact) mass is 394 g/mol. The number of rotatable bonds is 5. The van der Waals surface area contributed by atoms with Crippen LogP contribution in [-0.2, 0) is 6.42 Å². The number of H-pyrrole nitrogens is 1. The summed E-state index contributed by atoms with van der Waals surface area (Å²) in [5, 5.41) is 4.09. The molecule has 29 heavy (non-hydrogen) atoms. The molecule has 0 bridgehead atoms. The van der Waals surface area contributed by atoms with Gasteiger partial charge in [-0.3, -0.25) is 4.79 Å². The lowest BCUT2D eigenvalue weighted by Gasteiger charge is -2.31. The zero-order valence-corrected chi connectivity index (χ0v) is 16.1. The normalized spacial score (nSPS) is 19.5. The van der Waals surface area contributed by atoms with Crippen LogP contribution in [-0.4, -0.2) is 39.0 Å². The lowest BCUT2D eigenvalue weighted by Crippen LogP contribution is -2.40. The number of halogens is 1. The fourth-order valence-corrected chi connectivity index (χ4v) is 4.02. The van der Waals surface area contributed by atoms with Crippen molar-refractivity contribution in [3.63, 3.8) is 0 Å². The van der Waals surface area contributed by atoms with Crippen molar-refractivity contribution in [2.24, 2.45) is 5.92 Å². The molecular weight excluding hydrogens is 371 g/mol. The van der Waals surface area contributed by atoms with E-state index in [0.717, 1.165) is 55.6 Å². The molecule has 0 unspecified atom stereocenters. The first kappa shape index (κ1) is 18.1. The number of amides is 1. The average Bonchev–Trinajstić information content (AvgIpc) is 3.28. The highest BCUT2D eigenvalue weighted by Crippen LogP contribution is 2.38. The van der Waals surface area contributed by atoms with E-state index in [0.29, 0.717) is 30.0 Å². The molecule has 2 fully saturated rings. The van der Waals surface area contributed by atoms with E-state index in [4.69, 9.17) is 4.52 Å². The van der Waals surface area contributed by atoms with Crippen molar-refractivity contribution >= 4 is 5.91 Å². The maximum atomic E-state index is 13.1. The molecule has 1 aliphatic carbocycles. The minimum atomic E-state index is -0.273. The summed E-state index contributed by atoms with van der Waals surface area (Å²) >= 11 is 0. The lowest BCUT2D eigenvalue weighted by molar-refractivity contribution is 0.0663. The predicted octanol–water partition coefficient (Wildman–Crippen LogP) is 4.18. The molecule has 0 radical (unpaired) electrons. The Labute approximate surface area is 168 Å². The highest BCUT2D eigenvalue weighted by molar-refractivity contribution is 5.94. The van der Waals surface area contributed by atoms with E-state index < -0.39 is 0 Å². The SMILES string of the molecule is O=C(c1cc(-c2ccc(F)cc2)c[nH]1)N1CCC[C@@H](Cc2nc(C3CC3)no2)C1. The molecule has 5 rings (SSSR count). The second kappa shape index (κ2) is 7.46. The van der Waals surface area contributed by atoms with Gasteiger partial charge in [-0.2, -0.15) is 4.98 Å². The minimum Gasteiger partial charge on any atom is -0.357 e. The number of carbonyl (C=O) groups is 1. The van der Waals surface area contributed by atoms with Crippen molar-refractivity contribution in [1.29, 1.82) is 0 Å². The van der Waals surface area contributed by atoms with Gasteiger partial charge in [0.2, 0.25) is 5.89 Å². The third kappa shape index (κ3) is 3.95. The summed E-state index contributed by atoms with van der Waals surface area (Å²) in [7, 11) is 0. The van der Waals surface area contributed by atoms with Gasteiger partial charge in [0.1, 0.15) is 11.5 Å². The van der Waals surface area contributed by atoms with Crippen LogP contribution < -0.4 is 0 Å². The van der Waals surface area contributed by atoms with Gasteiger partial charge < -0.3 is 14.4 Å². The molecule has 1 aliphatic heterocycles. The van der Waals surface area contributed by atoms with Crippen LogP contribution in [0, 0.1) is 11.7 Å². The fourth-order valence-electron chi connectivity index (χ4n) is 4.02. The quantitative estimate of drug-likeness (QED) is 0.705. The van der Waals surface area contributed by atoms with Gasteiger partial charge in [0.05, 0.1) is 0 Å². The summed E-state index contributed by atoms with van der Waals surface area (Å²) in [6, 6.07) is 8.10. The molecule has 6 nitrogen and oxygen atoms in total. The molecule has 1 saturated heterocycles. The van der Waals surface area contributed by atoms with Crippen molar-refractivity contribution < 1.29 is 13.7 Å². The van der Waals surface area contributed by atoms with Crippen LogP contribution in [0.3, 0.4) is 0 Å². The van der Waals surface area contributed by atoms with E-state index in [1.807, 2.05) is 11.0 Å². The first-order valence-corrected chi connectivity index (χ1v) is 10.2. The maximum absolute atomic E-state index is 13.1. The van der Waals surface area contributed by atoms with E-state index in [-0.39, 0.29) is 11.7 Å². The lowest BCUT2D eigenvalue weighted by atomic mass is 9.94. The van der Waals surface area contributed by atoms with Crippen LogP contribution in [0.4, 0.5) is 4.39 Å². The molecule has 1 N–H and O–H groups in total. The summed E-state index contributed by atoms with van der Waals surface area (Å²) in [4.78, 5) is 22.5. The standard InChI is InChI=1S/C22H23FN4O2/c23-18-7-5-15(6-8-18)17-11-19(24-12-17)22(28)27-9-1-2-14(13-27)10-20-25-21(26-29-20)16-3-4-16/h5-8,11-12,14,16,24H,1-4,9-10,13H2/t14-/m0/s1. The van der Waals surface area contributed by atoms with Gasteiger partial charge in [-0.05, 0) is 60.9 Å². The number of piperidine rings is 1. The molecule has 2 aromatic heterocycles. The van der Waals surface area contributed by atoms with Crippen LogP contribution in [0.1, 0.15) is 53.8 Å². The van der Waals surface area contributed by atoms with E-state index in [1.165, 1.54) is 12.1 Å². The summed E-state index contributed by atoms with van der Waals surface area (Å²) in [5.74, 6) is 2.05. The van der Waals surface area contributed by atoms with Crippen LogP contribution >= 0.6 is 0 Å². The molecule has 7 heteroatoms. The zero-order valence-electron chi connectivity index (χ0n) is 16.1. The van der Waals surface area contributed by atoms with Crippen LogP contribution in [0.2, 0.25) is 0 Å². The molecule has 1 aromatic carbocycles. The zero-order chi connectivity index (χ0) is 19.8. The second-order valence-electron chi connectivity index (χ2n) is 8.09. The Bertz CT molecular complexity index is 1010. The Balaban J connectivity index is 1.24. The van der Waals surface area contributed by atoms with Gasteiger partial charge in [0, 0.05) is 31.6 Å². The largest absolute Gasteiger partial charge is 0.357 e. The summed E-state index contributed by atoms with van der Waals surface area (Å²) in [6.45, 7) is 1.43. The van der Waals surface area contributed by atoms with Crippen LogP contribution in [0.25, 0.3) is 11.1 Å². The Kier molecular flexibility index (Phi) is 4.66. The Hall–Kier alpha value is -2.96. The molecule has 1 amide bonds. The van der Waals surface area contributed by atoms with Crippen LogP contribution in [0.15, 0.2) is 41.1 Å². The Morgan fingerprint density at radius 2 is 2.03 bits per heavy atom. The Morgan fingerprint density at radius 3 is 2.83 bits per heavy atom. The first-order chi connectivity index (χ1) is 14.2. The average molecular weight is 394 g/mol. The van der Waals surface area contributed by atoms with Crippen LogP contribution in [0.5, 0.6) is 0 Å². The van der Waals surface area contributed by atoms with Gasteiger partial charge in [0.15, 0.2) is 5.82 Å². The second-order valence-corrected chi connectivity index (χ2v) is 8.09. The number of nitrogens with zero attached hydrogens (tertiary/aromatic N) is 3. The molecular formula is C22H23FN4O2. The van der Waals surface area contributed by atoms with Crippen molar-refractivity contribution in [2.75, 3.05) is 13.1 Å². The highest BCUT2D eigenvalue weighted by atomic mass is 19.1. The van der Waals surface area contributed by atoms with Crippen molar-refractivity contribution in [3.8, 4) is 11.1 Å². The molecule has 3 aromatic rings. The van der Waals surface area contributed by atoms with Gasteiger partial charge in [0.25, 0.3) is 5.91 Å². The number of hydrogen-bond donors (Lipinski definition) is 1. The summed E-state index contributed by atoms with van der Waals surface area (Å²) in [6.07, 6.45) is 6.83. The predicted molar refractivity (Wildman–Crippen MR) is 105 cm³/mol. The van der Waals surface area contributed by atoms with Gasteiger partial charge >= 0.3 is 0 Å². The third-order valence-electron chi connectivity index (χ3n) is 5.79. The van der Waals surface area contributed by atoms with Gasteiger partial charge in [-0.1, -0.05) is 17.3 Å². The number of carbonyl (C=O) groups excluding carboxylic acids is 1. The molecule has 1 saturated carbocycles. The fraction of sp³-hybridized carbons (Fsp3) is 0.409. The van der Waals surface area contributed by atoms with E-state index >= 15 is 0 Å². The van der Waals surface area contributed by atoms with E-state index in [1.54, 1.807) is 18.3 Å². The summed E-state index contributed by atoms with van der Waals surface area (Å²) < 4.78 is 18.5. The van der Waals surface area contributed by atoms with Crippen molar-refractivity contribution in [1.82, 2.24) is 20.0 Å². The summed E-state index contributed by atoms with van der Waals surface area (Å²) in [5.41, 5.74) is 2.31. The number of likely N-dealkylation sites (tertiary alicyclic amines) is 1. The minimum absolute atomic E-state index is 0.00717. The Morgan fingerprint density at radius 1 is 1.21 bits per heavy atom.